The maximum Gasteiger partial charge on any atom is 0.180 e. The van der Waals surface area contributed by atoms with Crippen molar-refractivity contribution in [2.45, 2.75) is 25.3 Å². The van der Waals surface area contributed by atoms with Gasteiger partial charge in [-0.15, -0.1) is 0 Å². The Morgan fingerprint density at radius 2 is 2.19 bits per heavy atom. The maximum absolute atomic E-state index is 12.7. The Balaban J connectivity index is 2.07. The Kier molecular flexibility index (Phi) is 3.43. The minimum Gasteiger partial charge on any atom is -0.358 e. The molecule has 2 N–H and O–H groups in total. The molecule has 3 rings (SSSR count). The van der Waals surface area contributed by atoms with E-state index in [1.807, 2.05) is 26.1 Å². The first-order valence-corrected chi connectivity index (χ1v) is 7.00. The topological polar surface area (TPSA) is 74.8 Å². The molecule has 0 saturated heterocycles. The molecule has 2 atom stereocenters. The summed E-state index contributed by atoms with van der Waals surface area (Å²) in [6.45, 7) is 1.99. The van der Waals surface area contributed by atoms with E-state index in [-0.39, 0.29) is 24.0 Å². The zero-order valence-corrected chi connectivity index (χ0v) is 12.0. The number of ketones is 2. The number of nitrogens with zero attached hydrogens (tertiary/aromatic N) is 1. The fourth-order valence-electron chi connectivity index (χ4n) is 2.85. The van der Waals surface area contributed by atoms with Crippen LogP contribution in [0.5, 0.6) is 0 Å². The first-order valence-electron chi connectivity index (χ1n) is 7.00. The van der Waals surface area contributed by atoms with Crippen LogP contribution in [0, 0.1) is 0 Å². The summed E-state index contributed by atoms with van der Waals surface area (Å²) in [5, 5.41) is 3.14. The number of H-pyrrole nitrogens is 1. The number of hydrogen-bond acceptors (Lipinski definition) is 4. The van der Waals surface area contributed by atoms with Crippen molar-refractivity contribution in [3.05, 3.63) is 53.1 Å². The number of pyridine rings is 1. The second-order valence-corrected chi connectivity index (χ2v) is 5.30. The van der Waals surface area contributed by atoms with Gasteiger partial charge in [-0.25, -0.2) is 0 Å². The second-order valence-electron chi connectivity index (χ2n) is 5.30. The number of Topliss-reactive ketones (excluding diaryl/α,β-unsaturated/α-hetero) is 2. The summed E-state index contributed by atoms with van der Waals surface area (Å²) in [5.41, 5.74) is 2.58. The Morgan fingerprint density at radius 3 is 2.95 bits per heavy atom. The van der Waals surface area contributed by atoms with Crippen molar-refractivity contribution in [3.63, 3.8) is 0 Å². The SMILES string of the molecule is CNC(C)c1ncccc1C1CC(=O)c2[nH]ccc2C1=O. The smallest absolute Gasteiger partial charge is 0.180 e. The lowest BCUT2D eigenvalue weighted by Gasteiger charge is -2.24. The van der Waals surface area contributed by atoms with E-state index in [0.29, 0.717) is 11.3 Å². The monoisotopic (exact) mass is 283 g/mol. The average Bonchev–Trinajstić information content (AvgIpc) is 3.00. The molecule has 1 aliphatic rings. The van der Waals surface area contributed by atoms with Crippen LogP contribution in [-0.2, 0) is 0 Å². The predicted octanol–water partition coefficient (Wildman–Crippen LogP) is 2.24. The lowest BCUT2D eigenvalue weighted by Crippen LogP contribution is -2.27. The van der Waals surface area contributed by atoms with Gasteiger partial charge in [0.2, 0.25) is 0 Å². The van der Waals surface area contributed by atoms with Gasteiger partial charge in [-0.3, -0.25) is 14.6 Å². The van der Waals surface area contributed by atoms with Crippen LogP contribution >= 0.6 is 0 Å². The van der Waals surface area contributed by atoms with Crippen LogP contribution in [0.4, 0.5) is 0 Å². The number of carbonyl (C=O) groups is 2. The van der Waals surface area contributed by atoms with Gasteiger partial charge in [0.15, 0.2) is 11.6 Å². The van der Waals surface area contributed by atoms with E-state index >= 15 is 0 Å². The summed E-state index contributed by atoms with van der Waals surface area (Å²) in [6, 6.07) is 5.41. The van der Waals surface area contributed by atoms with Crippen molar-refractivity contribution >= 4 is 11.6 Å². The van der Waals surface area contributed by atoms with Gasteiger partial charge in [-0.1, -0.05) is 6.07 Å². The van der Waals surface area contributed by atoms with Gasteiger partial charge in [0, 0.05) is 30.4 Å². The molecule has 21 heavy (non-hydrogen) atoms. The van der Waals surface area contributed by atoms with Gasteiger partial charge in [0.05, 0.1) is 17.3 Å². The Labute approximate surface area is 122 Å². The summed E-state index contributed by atoms with van der Waals surface area (Å²) in [6.07, 6.45) is 3.55. The van der Waals surface area contributed by atoms with Crippen molar-refractivity contribution < 1.29 is 9.59 Å². The summed E-state index contributed by atoms with van der Waals surface area (Å²) < 4.78 is 0. The van der Waals surface area contributed by atoms with Gasteiger partial charge < -0.3 is 10.3 Å². The highest BCUT2D eigenvalue weighted by molar-refractivity contribution is 6.16. The van der Waals surface area contributed by atoms with E-state index < -0.39 is 5.92 Å². The van der Waals surface area contributed by atoms with E-state index in [9.17, 15) is 9.59 Å². The number of aromatic amines is 1. The predicted molar refractivity (Wildman–Crippen MR) is 78.5 cm³/mol. The summed E-state index contributed by atoms with van der Waals surface area (Å²) in [7, 11) is 1.85. The van der Waals surface area contributed by atoms with Crippen LogP contribution in [0.3, 0.4) is 0 Å². The summed E-state index contributed by atoms with van der Waals surface area (Å²) in [4.78, 5) is 32.1. The quantitative estimate of drug-likeness (QED) is 0.906. The number of hydrogen-bond donors (Lipinski definition) is 2. The zero-order chi connectivity index (χ0) is 15.0. The molecule has 108 valence electrons. The minimum absolute atomic E-state index is 0.0107. The van der Waals surface area contributed by atoms with E-state index in [0.717, 1.165) is 11.3 Å². The highest BCUT2D eigenvalue weighted by atomic mass is 16.1. The molecule has 0 radical (unpaired) electrons. The highest BCUT2D eigenvalue weighted by Gasteiger charge is 2.36. The molecule has 2 aromatic heterocycles. The van der Waals surface area contributed by atoms with Crippen molar-refractivity contribution in [2.24, 2.45) is 0 Å². The van der Waals surface area contributed by atoms with E-state index in [4.69, 9.17) is 0 Å². The first kappa shape index (κ1) is 13.7. The number of fused-ring (bicyclic) bond motifs is 1. The lowest BCUT2D eigenvalue weighted by molar-refractivity contribution is 0.0862. The third-order valence-corrected chi connectivity index (χ3v) is 4.09. The van der Waals surface area contributed by atoms with Crippen LogP contribution in [0.1, 0.15) is 57.4 Å². The molecule has 0 saturated carbocycles. The number of carbonyl (C=O) groups excluding carboxylic acids is 2. The third-order valence-electron chi connectivity index (χ3n) is 4.09. The number of aromatic nitrogens is 2. The highest BCUT2D eigenvalue weighted by Crippen LogP contribution is 2.34. The molecule has 5 nitrogen and oxygen atoms in total. The number of rotatable bonds is 3. The molecule has 0 fully saturated rings. The molecule has 0 amide bonds. The summed E-state index contributed by atoms with van der Waals surface area (Å²) >= 11 is 0. The lowest BCUT2D eigenvalue weighted by atomic mass is 9.80. The largest absolute Gasteiger partial charge is 0.358 e. The van der Waals surface area contributed by atoms with E-state index in [1.54, 1.807) is 18.5 Å². The standard InChI is InChI=1S/C16H17N3O2/c1-9(17-2)14-10(4-3-6-18-14)12-8-13(20)15-11(16(12)21)5-7-19-15/h3-7,9,12,17,19H,8H2,1-2H3. The van der Waals surface area contributed by atoms with Gasteiger partial charge in [-0.05, 0) is 31.7 Å². The van der Waals surface area contributed by atoms with Crippen LogP contribution < -0.4 is 5.32 Å². The van der Waals surface area contributed by atoms with Gasteiger partial charge in [0.25, 0.3) is 0 Å². The second kappa shape index (κ2) is 5.26. The van der Waals surface area contributed by atoms with Gasteiger partial charge in [-0.2, -0.15) is 0 Å². The van der Waals surface area contributed by atoms with Crippen LogP contribution in [0.25, 0.3) is 0 Å². The number of nitrogens with one attached hydrogen (secondary N) is 2. The summed E-state index contributed by atoms with van der Waals surface area (Å²) in [5.74, 6) is -0.477. The zero-order valence-electron chi connectivity index (χ0n) is 12.0. The van der Waals surface area contributed by atoms with Crippen molar-refractivity contribution in [3.8, 4) is 0 Å². The fraction of sp³-hybridized carbons (Fsp3) is 0.312. The molecule has 0 spiro atoms. The van der Waals surface area contributed by atoms with Crippen molar-refractivity contribution in [1.29, 1.82) is 0 Å². The normalized spacial score (nSPS) is 19.4. The minimum atomic E-state index is -0.444. The van der Waals surface area contributed by atoms with Crippen LogP contribution in [-0.4, -0.2) is 28.6 Å². The molecule has 2 unspecified atom stereocenters. The average molecular weight is 283 g/mol. The Bertz CT molecular complexity index is 705. The van der Waals surface area contributed by atoms with E-state index in [1.165, 1.54) is 0 Å². The molecule has 1 aliphatic carbocycles. The van der Waals surface area contributed by atoms with Crippen LogP contribution in [0.2, 0.25) is 0 Å². The van der Waals surface area contributed by atoms with E-state index in [2.05, 4.69) is 15.3 Å². The molecular formula is C16H17N3O2. The Morgan fingerprint density at radius 1 is 1.38 bits per heavy atom. The first-order chi connectivity index (χ1) is 10.1. The van der Waals surface area contributed by atoms with Gasteiger partial charge >= 0.3 is 0 Å². The maximum atomic E-state index is 12.7. The fourth-order valence-corrected chi connectivity index (χ4v) is 2.85. The molecule has 0 bridgehead atoms. The molecule has 2 aromatic rings. The Hall–Kier alpha value is -2.27. The molecule has 5 heteroatoms. The van der Waals surface area contributed by atoms with Crippen LogP contribution in [0.15, 0.2) is 30.6 Å². The van der Waals surface area contributed by atoms with Crippen molar-refractivity contribution in [2.75, 3.05) is 7.05 Å². The van der Waals surface area contributed by atoms with Gasteiger partial charge in [0.1, 0.15) is 0 Å². The molecule has 0 aliphatic heterocycles. The third kappa shape index (κ3) is 2.19. The molecule has 2 heterocycles. The molecule has 0 aromatic carbocycles. The van der Waals surface area contributed by atoms with Crippen molar-refractivity contribution in [1.82, 2.24) is 15.3 Å². The molecular weight excluding hydrogens is 266 g/mol.